The average Bonchev–Trinajstić information content (AvgIpc) is 2.06. The third kappa shape index (κ3) is 4.22. The number of rotatable bonds is 1. The van der Waals surface area contributed by atoms with Gasteiger partial charge < -0.3 is 0 Å². The third-order valence-corrected chi connectivity index (χ3v) is 1.64. The first-order valence-corrected chi connectivity index (χ1v) is 4.78. The van der Waals surface area contributed by atoms with Crippen LogP contribution in [0.15, 0.2) is 34.3 Å². The fourth-order valence-electron chi connectivity index (χ4n) is 0.748. The van der Waals surface area contributed by atoms with Gasteiger partial charge in [-0.05, 0) is 45.0 Å². The average molecular weight is 209 g/mol. The zero-order valence-electron chi connectivity index (χ0n) is 8.58. The van der Waals surface area contributed by atoms with Gasteiger partial charge in [-0.3, -0.25) is 0 Å². The van der Waals surface area contributed by atoms with Gasteiger partial charge in [-0.1, -0.05) is 11.6 Å². The molecule has 0 amide bonds. The van der Waals surface area contributed by atoms with E-state index in [4.69, 9.17) is 11.6 Å². The summed E-state index contributed by atoms with van der Waals surface area (Å²) in [7, 11) is 0. The minimum absolute atomic E-state index is 0.129. The van der Waals surface area contributed by atoms with Crippen LogP contribution in [0.25, 0.3) is 0 Å². The van der Waals surface area contributed by atoms with Crippen molar-refractivity contribution in [3.8, 4) is 0 Å². The molecule has 1 aromatic rings. The molecule has 0 radical (unpaired) electrons. The monoisotopic (exact) mass is 208 g/mol. The first-order chi connectivity index (χ1) is 6.47. The summed E-state index contributed by atoms with van der Waals surface area (Å²) < 4.78 is 0. The molecule has 0 aliphatic heterocycles. The zero-order chi connectivity index (χ0) is 10.6. The van der Waals surface area contributed by atoms with Crippen LogP contribution in [-0.2, 0) is 0 Å². The molecule has 3 heteroatoms. The van der Waals surface area contributed by atoms with Gasteiger partial charge in [-0.2, -0.15) is 4.99 Å². The molecule has 0 atom stereocenters. The van der Waals surface area contributed by atoms with Crippen LogP contribution < -0.4 is 0 Å². The van der Waals surface area contributed by atoms with E-state index in [0.717, 1.165) is 5.69 Å². The van der Waals surface area contributed by atoms with Crippen LogP contribution >= 0.6 is 11.6 Å². The van der Waals surface area contributed by atoms with Gasteiger partial charge in [0, 0.05) is 5.02 Å². The molecule has 1 rings (SSSR count). The Hall–Kier alpha value is -1.11. The van der Waals surface area contributed by atoms with Gasteiger partial charge in [-0.25, -0.2) is 4.99 Å². The molecule has 74 valence electrons. The van der Waals surface area contributed by atoms with Crippen LogP contribution in [0.3, 0.4) is 0 Å². The van der Waals surface area contributed by atoms with Crippen molar-refractivity contribution >= 4 is 23.3 Å². The van der Waals surface area contributed by atoms with E-state index >= 15 is 0 Å². The maximum Gasteiger partial charge on any atom is 0.0954 e. The van der Waals surface area contributed by atoms with E-state index < -0.39 is 0 Å². The summed E-state index contributed by atoms with van der Waals surface area (Å²) in [6, 6.07) is 9.90. The van der Waals surface area contributed by atoms with Crippen LogP contribution in [-0.4, -0.2) is 11.5 Å². The molecule has 0 N–H and O–H groups in total. The van der Waals surface area contributed by atoms with E-state index in [9.17, 15) is 0 Å². The summed E-state index contributed by atoms with van der Waals surface area (Å²) >= 11 is 5.73. The van der Waals surface area contributed by atoms with Crippen LogP contribution in [0.4, 0.5) is 5.69 Å². The highest BCUT2D eigenvalue weighted by Gasteiger charge is 2.04. The zero-order valence-corrected chi connectivity index (χ0v) is 9.34. The van der Waals surface area contributed by atoms with Gasteiger partial charge in [-0.15, -0.1) is 0 Å². The van der Waals surface area contributed by atoms with E-state index in [1.54, 1.807) is 12.1 Å². The summed E-state index contributed by atoms with van der Waals surface area (Å²) in [5.74, 6) is 0. The number of benzene rings is 1. The Morgan fingerprint density at radius 3 is 2.21 bits per heavy atom. The van der Waals surface area contributed by atoms with Crippen molar-refractivity contribution in [2.45, 2.75) is 26.3 Å². The van der Waals surface area contributed by atoms with E-state index in [-0.39, 0.29) is 5.54 Å². The first kappa shape index (κ1) is 11.0. The predicted molar refractivity (Wildman–Crippen MR) is 60.7 cm³/mol. The maximum atomic E-state index is 5.73. The molecular weight excluding hydrogens is 196 g/mol. The van der Waals surface area contributed by atoms with Crippen molar-refractivity contribution in [2.24, 2.45) is 9.98 Å². The van der Waals surface area contributed by atoms with Crippen molar-refractivity contribution in [1.29, 1.82) is 0 Å². The highest BCUT2D eigenvalue weighted by molar-refractivity contribution is 6.30. The number of hydrogen-bond donors (Lipinski definition) is 0. The number of hydrogen-bond acceptors (Lipinski definition) is 2. The molecule has 14 heavy (non-hydrogen) atoms. The highest BCUT2D eigenvalue weighted by Crippen LogP contribution is 2.15. The van der Waals surface area contributed by atoms with Gasteiger partial charge in [0.1, 0.15) is 0 Å². The Balaban J connectivity index is 2.79. The smallest absolute Gasteiger partial charge is 0.0954 e. The van der Waals surface area contributed by atoms with E-state index in [1.807, 2.05) is 32.9 Å². The quantitative estimate of drug-likeness (QED) is 0.625. The normalized spacial score (nSPS) is 10.6. The summed E-state index contributed by atoms with van der Waals surface area (Å²) in [5.41, 5.74) is 0.679. The van der Waals surface area contributed by atoms with E-state index in [2.05, 4.69) is 16.0 Å². The lowest BCUT2D eigenvalue weighted by molar-refractivity contribution is 0.587. The molecule has 0 aromatic heterocycles. The second-order valence-electron chi connectivity index (χ2n) is 3.97. The molecule has 0 fully saturated rings. The first-order valence-electron chi connectivity index (χ1n) is 4.40. The van der Waals surface area contributed by atoms with E-state index in [1.165, 1.54) is 0 Å². The van der Waals surface area contributed by atoms with E-state index in [0.29, 0.717) is 5.02 Å². The minimum Gasteiger partial charge on any atom is -0.219 e. The predicted octanol–water partition coefficient (Wildman–Crippen LogP) is 3.94. The topological polar surface area (TPSA) is 24.7 Å². The van der Waals surface area contributed by atoms with Gasteiger partial charge in [0.25, 0.3) is 0 Å². The SMILES string of the molecule is CC(C)(C)N=C=Nc1ccc(Cl)cc1. The molecule has 0 heterocycles. The van der Waals surface area contributed by atoms with Crippen molar-refractivity contribution in [2.75, 3.05) is 0 Å². The lowest BCUT2D eigenvalue weighted by Gasteiger charge is -2.06. The van der Waals surface area contributed by atoms with Crippen LogP contribution in [0.5, 0.6) is 0 Å². The number of nitrogens with zero attached hydrogens (tertiary/aromatic N) is 2. The molecule has 1 aromatic carbocycles. The van der Waals surface area contributed by atoms with Crippen LogP contribution in [0.2, 0.25) is 5.02 Å². The maximum absolute atomic E-state index is 5.73. The summed E-state index contributed by atoms with van der Waals surface area (Å²) in [6.07, 6.45) is 0. The van der Waals surface area contributed by atoms with Crippen molar-refractivity contribution in [1.82, 2.24) is 0 Å². The second kappa shape index (κ2) is 4.41. The number of halogens is 1. The number of aliphatic imine (C=N–C) groups is 2. The fourth-order valence-corrected chi connectivity index (χ4v) is 0.874. The van der Waals surface area contributed by atoms with Gasteiger partial charge in [0.15, 0.2) is 0 Å². The lowest BCUT2D eigenvalue weighted by Crippen LogP contribution is -2.07. The lowest BCUT2D eigenvalue weighted by atomic mass is 10.1. The Morgan fingerprint density at radius 2 is 1.71 bits per heavy atom. The Kier molecular flexibility index (Phi) is 3.45. The van der Waals surface area contributed by atoms with Crippen LogP contribution in [0.1, 0.15) is 20.8 Å². The Labute approximate surface area is 89.4 Å². The molecule has 0 saturated heterocycles. The van der Waals surface area contributed by atoms with Crippen molar-refractivity contribution in [3.05, 3.63) is 29.3 Å². The molecule has 0 spiro atoms. The second-order valence-corrected chi connectivity index (χ2v) is 4.41. The highest BCUT2D eigenvalue weighted by atomic mass is 35.5. The summed E-state index contributed by atoms with van der Waals surface area (Å²) in [6.45, 7) is 5.99. The van der Waals surface area contributed by atoms with Crippen molar-refractivity contribution < 1.29 is 0 Å². The summed E-state index contributed by atoms with van der Waals surface area (Å²) in [5, 5.41) is 0.705. The van der Waals surface area contributed by atoms with Crippen LogP contribution in [0, 0.1) is 0 Å². The van der Waals surface area contributed by atoms with Crippen molar-refractivity contribution in [3.63, 3.8) is 0 Å². The standard InChI is InChI=1S/C11H13ClN2/c1-11(2,3)14-8-13-10-6-4-9(12)5-7-10/h4-7H,1-3H3. The van der Waals surface area contributed by atoms with Gasteiger partial charge in [0.2, 0.25) is 0 Å². The van der Waals surface area contributed by atoms with Gasteiger partial charge >= 0.3 is 0 Å². The fraction of sp³-hybridized carbons (Fsp3) is 0.364. The largest absolute Gasteiger partial charge is 0.219 e. The third-order valence-electron chi connectivity index (χ3n) is 1.39. The van der Waals surface area contributed by atoms with Gasteiger partial charge in [0.05, 0.1) is 17.2 Å². The Morgan fingerprint density at radius 1 is 1.14 bits per heavy atom. The molecule has 2 nitrogen and oxygen atoms in total. The minimum atomic E-state index is -0.129. The molecule has 0 bridgehead atoms. The molecule has 0 aliphatic carbocycles. The molecule has 0 saturated carbocycles. The molecule has 0 aliphatic rings. The molecular formula is C11H13ClN2. The summed E-state index contributed by atoms with van der Waals surface area (Å²) in [4.78, 5) is 8.18. The molecule has 0 unspecified atom stereocenters. The Bertz CT molecular complexity index is 354.